The van der Waals surface area contributed by atoms with E-state index >= 15 is 0 Å². The Labute approximate surface area is 95.7 Å². The second-order valence-electron chi connectivity index (χ2n) is 0. The quantitative estimate of drug-likeness (QED) is 0.445. The van der Waals surface area contributed by atoms with Gasteiger partial charge >= 0.3 is 23.7 Å². The Balaban J connectivity index is 0. The predicted octanol–water partition coefficient (Wildman–Crippen LogP) is -0.924. The van der Waals surface area contributed by atoms with Crippen molar-refractivity contribution in [3.63, 3.8) is 0 Å². The van der Waals surface area contributed by atoms with E-state index in [1.165, 1.54) is 0 Å². The largest absolute Gasteiger partial charge is 0 e. The summed E-state index contributed by atoms with van der Waals surface area (Å²) in [5.41, 5.74) is 0. The molecule has 0 aliphatic rings. The fourth-order valence-corrected chi connectivity index (χ4v) is 0. The Morgan fingerprint density at radius 1 is 0.750 bits per heavy atom. The molecule has 0 radical (unpaired) electrons. The van der Waals surface area contributed by atoms with Crippen LogP contribution in [0.15, 0.2) is 0 Å². The molecule has 0 heterocycles. The topological polar surface area (TPSA) is 0 Å². The first-order chi connectivity index (χ1) is 0. The summed E-state index contributed by atoms with van der Waals surface area (Å²) >= 11 is 0. The summed E-state index contributed by atoms with van der Waals surface area (Å²) in [7, 11) is 0. The van der Waals surface area contributed by atoms with Crippen molar-refractivity contribution in [2.45, 2.75) is 0 Å². The van der Waals surface area contributed by atoms with Gasteiger partial charge in [-0.15, -0.1) is 0 Å². The van der Waals surface area contributed by atoms with E-state index in [-0.39, 0.29) is 97.7 Å². The third-order valence-corrected chi connectivity index (χ3v) is 0. The zero-order valence-corrected chi connectivity index (χ0v) is 16.5. The first kappa shape index (κ1) is 26.8. The summed E-state index contributed by atoms with van der Waals surface area (Å²) in [6.45, 7) is 0. The zero-order chi connectivity index (χ0) is 0. The van der Waals surface area contributed by atoms with Gasteiger partial charge in [0.25, 0.3) is 0 Å². The molecule has 0 nitrogen and oxygen atoms in total. The van der Waals surface area contributed by atoms with E-state index in [2.05, 4.69) is 0 Å². The van der Waals surface area contributed by atoms with Crippen LogP contribution in [-0.4, -0.2) is 23.7 Å². The summed E-state index contributed by atoms with van der Waals surface area (Å²) in [5, 5.41) is 0. The van der Waals surface area contributed by atoms with Crippen LogP contribution < -0.4 is 0 Å². The average Bonchev–Trinajstić information content (AvgIpc) is 0. The van der Waals surface area contributed by atoms with Crippen LogP contribution in [0.1, 0.15) is 0 Å². The molecule has 0 aromatic rings. The standard InChI is InChI=1S/2Cd.H2Te.Zn/h;;1H2;. The smallest absolute Gasteiger partial charge is 0 e. The van der Waals surface area contributed by atoms with E-state index in [0.717, 1.165) is 0 Å². The summed E-state index contributed by atoms with van der Waals surface area (Å²) in [6, 6.07) is 0. The second kappa shape index (κ2) is 16.3. The molecule has 0 unspecified atom stereocenters. The summed E-state index contributed by atoms with van der Waals surface area (Å²) < 4.78 is 0. The van der Waals surface area contributed by atoms with Crippen LogP contribution in [0.5, 0.6) is 0 Å². The van der Waals surface area contributed by atoms with E-state index in [1.807, 2.05) is 0 Å². The van der Waals surface area contributed by atoms with E-state index in [4.69, 9.17) is 0 Å². The normalized spacial score (nSPS) is 0. The van der Waals surface area contributed by atoms with Crippen molar-refractivity contribution in [3.8, 4) is 0 Å². The van der Waals surface area contributed by atoms with Crippen molar-refractivity contribution in [3.05, 3.63) is 0 Å². The molecule has 0 atom stereocenters. The van der Waals surface area contributed by atoms with Gasteiger partial charge in [-0.05, 0) is 0 Å². The molecular weight excluding hydrogens is 418 g/mol. The van der Waals surface area contributed by atoms with Crippen LogP contribution in [0.2, 0.25) is 0 Å². The van der Waals surface area contributed by atoms with Crippen LogP contribution in [0.25, 0.3) is 0 Å². The molecule has 0 bridgehead atoms. The van der Waals surface area contributed by atoms with Crippen LogP contribution in [0, 0.1) is 0 Å². The molecular formula is H2Cd2TeZn. The molecule has 0 aromatic carbocycles. The molecule has 0 spiro atoms. The maximum absolute atomic E-state index is 0. The Morgan fingerprint density at radius 3 is 0.750 bits per heavy atom. The van der Waals surface area contributed by atoms with Gasteiger partial charge in [-0.2, -0.15) is 0 Å². The van der Waals surface area contributed by atoms with Gasteiger partial charge in [0.15, 0.2) is 0 Å². The van der Waals surface area contributed by atoms with Gasteiger partial charge in [0, 0.05) is 74.1 Å². The van der Waals surface area contributed by atoms with Crippen molar-refractivity contribution in [2.75, 3.05) is 0 Å². The Morgan fingerprint density at radius 2 is 0.750 bits per heavy atom. The van der Waals surface area contributed by atoms with Crippen LogP contribution in [0.3, 0.4) is 0 Å². The van der Waals surface area contributed by atoms with Crippen molar-refractivity contribution >= 4 is 23.7 Å². The maximum Gasteiger partial charge on any atom is 0 e. The summed E-state index contributed by atoms with van der Waals surface area (Å²) in [5.74, 6) is 0. The molecule has 0 aliphatic carbocycles. The van der Waals surface area contributed by atoms with Gasteiger partial charge in [-0.3, -0.25) is 0 Å². The monoisotopic (exact) mass is 424 g/mol. The van der Waals surface area contributed by atoms with Gasteiger partial charge < -0.3 is 0 Å². The minimum atomic E-state index is 0. The minimum absolute atomic E-state index is 0. The van der Waals surface area contributed by atoms with E-state index in [1.54, 1.807) is 0 Å². The molecule has 0 saturated carbocycles. The Hall–Kier alpha value is 3.26. The molecule has 0 aromatic heterocycles. The van der Waals surface area contributed by atoms with Crippen molar-refractivity contribution in [1.29, 1.82) is 0 Å². The first-order valence-electron chi connectivity index (χ1n) is 0. The number of hydrogen-bond donors (Lipinski definition) is 0. The first-order valence-corrected chi connectivity index (χ1v) is 0. The number of rotatable bonds is 0. The second-order valence-corrected chi connectivity index (χ2v) is 0. The van der Waals surface area contributed by atoms with Crippen molar-refractivity contribution in [2.24, 2.45) is 0 Å². The van der Waals surface area contributed by atoms with Crippen LogP contribution >= 0.6 is 0 Å². The third kappa shape index (κ3) is 8.98. The van der Waals surface area contributed by atoms with Gasteiger partial charge in [0.1, 0.15) is 0 Å². The minimum Gasteiger partial charge on any atom is 0 e. The predicted molar refractivity (Wildman–Crippen MR) is 8.54 cm³/mol. The SMILES string of the molecule is [Cd].[Cd].[TeH2].[Zn]. The fourth-order valence-electron chi connectivity index (χ4n) is 0. The molecule has 0 saturated heterocycles. The average molecular weight is 420 g/mol. The molecule has 0 rings (SSSR count). The van der Waals surface area contributed by atoms with Crippen molar-refractivity contribution < 1.29 is 74.1 Å². The number of hydrogen-bond acceptors (Lipinski definition) is 0. The van der Waals surface area contributed by atoms with E-state index in [0.29, 0.717) is 0 Å². The van der Waals surface area contributed by atoms with E-state index in [9.17, 15) is 0 Å². The Kier molecular flexibility index (Phi) is 109. The maximum atomic E-state index is 0. The molecule has 4 heavy (non-hydrogen) atoms. The van der Waals surface area contributed by atoms with Crippen LogP contribution in [0.4, 0.5) is 0 Å². The summed E-state index contributed by atoms with van der Waals surface area (Å²) in [4.78, 5) is 0. The van der Waals surface area contributed by atoms with Gasteiger partial charge in [0.05, 0.1) is 0 Å². The molecule has 0 N–H and O–H groups in total. The molecule has 0 amide bonds. The molecule has 14 valence electrons. The Bertz CT molecular complexity index is 6.00. The van der Waals surface area contributed by atoms with Gasteiger partial charge in [-0.1, -0.05) is 0 Å². The molecule has 4 heteroatoms. The zero-order valence-electron chi connectivity index (χ0n) is 2.62. The fraction of sp³-hybridized carbons (Fsp3) is 0. The molecule has 0 fully saturated rings. The van der Waals surface area contributed by atoms with Gasteiger partial charge in [0.2, 0.25) is 0 Å². The van der Waals surface area contributed by atoms with Crippen molar-refractivity contribution in [1.82, 2.24) is 0 Å². The van der Waals surface area contributed by atoms with Gasteiger partial charge in [-0.25, -0.2) is 0 Å². The molecule has 0 aliphatic heterocycles. The third-order valence-electron chi connectivity index (χ3n) is 0. The van der Waals surface area contributed by atoms with Crippen LogP contribution in [-0.2, 0) is 74.1 Å². The van der Waals surface area contributed by atoms with E-state index < -0.39 is 0 Å². The summed E-state index contributed by atoms with van der Waals surface area (Å²) in [6.07, 6.45) is 0.